The first-order chi connectivity index (χ1) is 10.3. The molecular formula is C16H18N2O2S. The first-order valence-electron chi connectivity index (χ1n) is 6.83. The van der Waals surface area contributed by atoms with E-state index in [4.69, 9.17) is 4.74 Å². The predicted octanol–water partition coefficient (Wildman–Crippen LogP) is 4.33. The van der Waals surface area contributed by atoms with E-state index in [1.807, 2.05) is 36.4 Å². The van der Waals surface area contributed by atoms with Crippen molar-refractivity contribution in [3.63, 3.8) is 0 Å². The van der Waals surface area contributed by atoms with Gasteiger partial charge in [0.25, 0.3) is 0 Å². The zero-order valence-electron chi connectivity index (χ0n) is 11.9. The summed E-state index contributed by atoms with van der Waals surface area (Å²) in [5, 5.41) is 2.70. The number of hydrogen-bond donors (Lipinski definition) is 1. The fraction of sp³-hybridized carbons (Fsp3) is 0.250. The summed E-state index contributed by atoms with van der Waals surface area (Å²) in [6.07, 6.45) is 4.04. The Labute approximate surface area is 128 Å². The number of nitrogens with zero attached hydrogens (tertiary/aromatic N) is 1. The SMILES string of the molecule is CCCSc1ccc(NC(=O)OCc2cccnc2)cc1. The molecule has 0 aliphatic heterocycles. The molecule has 0 saturated heterocycles. The number of thioether (sulfide) groups is 1. The lowest BCUT2D eigenvalue weighted by Crippen LogP contribution is -2.13. The lowest BCUT2D eigenvalue weighted by atomic mass is 10.3. The fourth-order valence-corrected chi connectivity index (χ4v) is 2.41. The van der Waals surface area contributed by atoms with Crippen LogP contribution in [0.4, 0.5) is 10.5 Å². The van der Waals surface area contributed by atoms with E-state index in [1.54, 1.807) is 24.2 Å². The van der Waals surface area contributed by atoms with Crippen molar-refractivity contribution >= 4 is 23.5 Å². The highest BCUT2D eigenvalue weighted by Crippen LogP contribution is 2.20. The summed E-state index contributed by atoms with van der Waals surface area (Å²) in [5.41, 5.74) is 1.59. The molecule has 4 nitrogen and oxygen atoms in total. The van der Waals surface area contributed by atoms with E-state index in [0.717, 1.165) is 23.4 Å². The number of amides is 1. The molecule has 0 saturated carbocycles. The molecule has 0 radical (unpaired) electrons. The van der Waals surface area contributed by atoms with Crippen LogP contribution in [-0.4, -0.2) is 16.8 Å². The van der Waals surface area contributed by atoms with Crippen molar-refractivity contribution in [2.75, 3.05) is 11.1 Å². The van der Waals surface area contributed by atoms with Gasteiger partial charge in [-0.2, -0.15) is 0 Å². The number of rotatable bonds is 6. The van der Waals surface area contributed by atoms with Crippen LogP contribution in [0.15, 0.2) is 53.7 Å². The van der Waals surface area contributed by atoms with E-state index in [9.17, 15) is 4.79 Å². The number of ether oxygens (including phenoxy) is 1. The second-order valence-electron chi connectivity index (χ2n) is 4.44. The molecule has 1 N–H and O–H groups in total. The highest BCUT2D eigenvalue weighted by Gasteiger charge is 2.04. The Morgan fingerprint density at radius 2 is 2.10 bits per heavy atom. The maximum atomic E-state index is 11.7. The molecule has 1 amide bonds. The van der Waals surface area contributed by atoms with Gasteiger partial charge in [-0.3, -0.25) is 10.3 Å². The second-order valence-corrected chi connectivity index (χ2v) is 5.60. The van der Waals surface area contributed by atoms with Crippen molar-refractivity contribution in [3.8, 4) is 0 Å². The molecule has 1 heterocycles. The molecule has 0 atom stereocenters. The number of carbonyl (C=O) groups is 1. The molecule has 2 aromatic rings. The van der Waals surface area contributed by atoms with Crippen molar-refractivity contribution in [3.05, 3.63) is 54.4 Å². The third-order valence-electron chi connectivity index (χ3n) is 2.67. The Balaban J connectivity index is 1.79. The van der Waals surface area contributed by atoms with E-state index >= 15 is 0 Å². The average Bonchev–Trinajstić information content (AvgIpc) is 2.53. The van der Waals surface area contributed by atoms with Crippen LogP contribution in [0.3, 0.4) is 0 Å². The number of benzene rings is 1. The van der Waals surface area contributed by atoms with Gasteiger partial charge >= 0.3 is 6.09 Å². The van der Waals surface area contributed by atoms with Crippen LogP contribution in [0.25, 0.3) is 0 Å². The van der Waals surface area contributed by atoms with Crippen LogP contribution in [0.1, 0.15) is 18.9 Å². The first kappa shape index (κ1) is 15.4. The Bertz CT molecular complexity index is 558. The summed E-state index contributed by atoms with van der Waals surface area (Å²) >= 11 is 1.80. The summed E-state index contributed by atoms with van der Waals surface area (Å²) < 4.78 is 5.13. The van der Waals surface area contributed by atoms with E-state index in [2.05, 4.69) is 17.2 Å². The second kappa shape index (κ2) is 8.32. The van der Waals surface area contributed by atoms with Gasteiger partial charge in [0.1, 0.15) is 6.61 Å². The molecule has 1 aromatic heterocycles. The Morgan fingerprint density at radius 3 is 2.76 bits per heavy atom. The maximum absolute atomic E-state index is 11.7. The molecule has 1 aromatic carbocycles. The number of anilines is 1. The van der Waals surface area contributed by atoms with Gasteiger partial charge in [-0.1, -0.05) is 13.0 Å². The van der Waals surface area contributed by atoms with Crippen LogP contribution in [0, 0.1) is 0 Å². The molecular weight excluding hydrogens is 284 g/mol. The first-order valence-corrected chi connectivity index (χ1v) is 7.82. The molecule has 21 heavy (non-hydrogen) atoms. The highest BCUT2D eigenvalue weighted by atomic mass is 32.2. The van der Waals surface area contributed by atoms with Crippen LogP contribution in [-0.2, 0) is 11.3 Å². The van der Waals surface area contributed by atoms with Crippen molar-refractivity contribution in [1.82, 2.24) is 4.98 Å². The molecule has 110 valence electrons. The Kier molecular flexibility index (Phi) is 6.09. The molecule has 0 aliphatic rings. The topological polar surface area (TPSA) is 51.2 Å². The molecule has 0 fully saturated rings. The molecule has 0 unspecified atom stereocenters. The fourth-order valence-electron chi connectivity index (χ4n) is 1.64. The largest absolute Gasteiger partial charge is 0.444 e. The van der Waals surface area contributed by atoms with Crippen molar-refractivity contribution in [2.24, 2.45) is 0 Å². The standard InChI is InChI=1S/C16H18N2O2S/c1-2-10-21-15-7-5-14(6-8-15)18-16(19)20-12-13-4-3-9-17-11-13/h3-9,11H,2,10,12H2,1H3,(H,18,19). The molecule has 0 aliphatic carbocycles. The summed E-state index contributed by atoms with van der Waals surface area (Å²) in [6, 6.07) is 11.4. The number of hydrogen-bond acceptors (Lipinski definition) is 4. The predicted molar refractivity (Wildman–Crippen MR) is 85.5 cm³/mol. The zero-order valence-corrected chi connectivity index (χ0v) is 12.7. The third kappa shape index (κ3) is 5.47. The lowest BCUT2D eigenvalue weighted by molar-refractivity contribution is 0.155. The van der Waals surface area contributed by atoms with E-state index in [-0.39, 0.29) is 6.61 Å². The van der Waals surface area contributed by atoms with E-state index in [1.165, 1.54) is 4.90 Å². The zero-order chi connectivity index (χ0) is 14.9. The number of aromatic nitrogens is 1. The quantitative estimate of drug-likeness (QED) is 0.807. The van der Waals surface area contributed by atoms with Gasteiger partial charge in [-0.15, -0.1) is 11.8 Å². The van der Waals surface area contributed by atoms with Crippen LogP contribution >= 0.6 is 11.8 Å². The van der Waals surface area contributed by atoms with Gasteiger partial charge in [0.15, 0.2) is 0 Å². The van der Waals surface area contributed by atoms with Gasteiger partial charge in [0, 0.05) is 28.5 Å². The van der Waals surface area contributed by atoms with E-state index < -0.39 is 6.09 Å². The summed E-state index contributed by atoms with van der Waals surface area (Å²) in [6.45, 7) is 2.37. The molecule has 2 rings (SSSR count). The normalized spacial score (nSPS) is 10.1. The molecule has 0 bridgehead atoms. The Morgan fingerprint density at radius 1 is 1.29 bits per heavy atom. The smallest absolute Gasteiger partial charge is 0.411 e. The maximum Gasteiger partial charge on any atom is 0.411 e. The van der Waals surface area contributed by atoms with Crippen LogP contribution < -0.4 is 5.32 Å². The molecule has 5 heteroatoms. The minimum absolute atomic E-state index is 0.212. The molecule has 0 spiro atoms. The Hall–Kier alpha value is -2.01. The van der Waals surface area contributed by atoms with Crippen molar-refractivity contribution in [1.29, 1.82) is 0 Å². The van der Waals surface area contributed by atoms with E-state index in [0.29, 0.717) is 0 Å². The third-order valence-corrected chi connectivity index (χ3v) is 3.88. The van der Waals surface area contributed by atoms with Crippen LogP contribution in [0.2, 0.25) is 0 Å². The van der Waals surface area contributed by atoms with Gasteiger partial charge in [0.2, 0.25) is 0 Å². The van der Waals surface area contributed by atoms with Gasteiger partial charge in [-0.05, 0) is 42.5 Å². The lowest BCUT2D eigenvalue weighted by Gasteiger charge is -2.07. The number of carbonyl (C=O) groups excluding carboxylic acids is 1. The van der Waals surface area contributed by atoms with Crippen molar-refractivity contribution < 1.29 is 9.53 Å². The van der Waals surface area contributed by atoms with Gasteiger partial charge < -0.3 is 4.74 Å². The minimum Gasteiger partial charge on any atom is -0.444 e. The number of pyridine rings is 1. The summed E-state index contributed by atoms with van der Waals surface area (Å²) in [4.78, 5) is 16.9. The van der Waals surface area contributed by atoms with Crippen molar-refractivity contribution in [2.45, 2.75) is 24.8 Å². The summed E-state index contributed by atoms with van der Waals surface area (Å²) in [5.74, 6) is 1.10. The monoisotopic (exact) mass is 302 g/mol. The van der Waals surface area contributed by atoms with Crippen LogP contribution in [0.5, 0.6) is 0 Å². The summed E-state index contributed by atoms with van der Waals surface area (Å²) in [7, 11) is 0. The van der Waals surface area contributed by atoms with Gasteiger partial charge in [0.05, 0.1) is 0 Å². The minimum atomic E-state index is -0.465. The van der Waals surface area contributed by atoms with Gasteiger partial charge in [-0.25, -0.2) is 4.79 Å². The average molecular weight is 302 g/mol. The number of nitrogens with one attached hydrogen (secondary N) is 1. The highest BCUT2D eigenvalue weighted by molar-refractivity contribution is 7.99.